The summed E-state index contributed by atoms with van der Waals surface area (Å²) in [6, 6.07) is 10.1. The van der Waals surface area contributed by atoms with Crippen LogP contribution in [-0.4, -0.2) is 10.9 Å². The summed E-state index contributed by atoms with van der Waals surface area (Å²) in [6.45, 7) is 3.62. The van der Waals surface area contributed by atoms with Gasteiger partial charge in [-0.3, -0.25) is 4.79 Å². The van der Waals surface area contributed by atoms with Crippen molar-refractivity contribution in [3.63, 3.8) is 0 Å². The number of benzene rings is 2. The molecule has 92 valence electrons. The SMILES string of the molecule is Cc1c(O)ccc(C(=O)c2cccc(N)c2)c1C. The van der Waals surface area contributed by atoms with Crippen LogP contribution in [0.25, 0.3) is 0 Å². The van der Waals surface area contributed by atoms with Crippen LogP contribution in [-0.2, 0) is 0 Å². The van der Waals surface area contributed by atoms with E-state index in [0.29, 0.717) is 16.8 Å². The van der Waals surface area contributed by atoms with Crippen LogP contribution < -0.4 is 5.73 Å². The first-order valence-corrected chi connectivity index (χ1v) is 5.70. The molecule has 0 atom stereocenters. The maximum Gasteiger partial charge on any atom is 0.193 e. The maximum atomic E-state index is 12.3. The smallest absolute Gasteiger partial charge is 0.193 e. The number of aromatic hydroxyl groups is 1. The van der Waals surface area contributed by atoms with Crippen LogP contribution in [0.3, 0.4) is 0 Å². The molecule has 0 bridgehead atoms. The summed E-state index contributed by atoms with van der Waals surface area (Å²) in [5, 5.41) is 9.59. The van der Waals surface area contributed by atoms with Crippen molar-refractivity contribution < 1.29 is 9.90 Å². The molecule has 18 heavy (non-hydrogen) atoms. The van der Waals surface area contributed by atoms with Gasteiger partial charge in [0.2, 0.25) is 0 Å². The molecule has 0 radical (unpaired) electrons. The number of ketones is 1. The van der Waals surface area contributed by atoms with Gasteiger partial charge < -0.3 is 10.8 Å². The Kier molecular flexibility index (Phi) is 3.06. The largest absolute Gasteiger partial charge is 0.508 e. The van der Waals surface area contributed by atoms with Gasteiger partial charge in [-0.05, 0) is 49.2 Å². The van der Waals surface area contributed by atoms with Crippen molar-refractivity contribution in [1.82, 2.24) is 0 Å². The Labute approximate surface area is 106 Å². The van der Waals surface area contributed by atoms with E-state index in [2.05, 4.69) is 0 Å². The molecule has 0 heterocycles. The highest BCUT2D eigenvalue weighted by atomic mass is 16.3. The normalized spacial score (nSPS) is 10.3. The molecule has 0 fully saturated rings. The number of carbonyl (C=O) groups is 1. The Bertz CT molecular complexity index is 618. The molecular formula is C15H15NO2. The second-order valence-electron chi connectivity index (χ2n) is 4.34. The van der Waals surface area contributed by atoms with Crippen molar-refractivity contribution in [2.45, 2.75) is 13.8 Å². The van der Waals surface area contributed by atoms with E-state index in [9.17, 15) is 9.90 Å². The number of nitrogen functional groups attached to an aromatic ring is 1. The second-order valence-corrected chi connectivity index (χ2v) is 4.34. The fourth-order valence-electron chi connectivity index (χ4n) is 1.89. The highest BCUT2D eigenvalue weighted by Crippen LogP contribution is 2.25. The van der Waals surface area contributed by atoms with Crippen LogP contribution in [0.15, 0.2) is 36.4 Å². The topological polar surface area (TPSA) is 63.3 Å². The Hall–Kier alpha value is -2.29. The molecule has 2 rings (SSSR count). The Morgan fingerprint density at radius 1 is 1.11 bits per heavy atom. The Balaban J connectivity index is 2.50. The Morgan fingerprint density at radius 2 is 1.83 bits per heavy atom. The van der Waals surface area contributed by atoms with Crippen LogP contribution >= 0.6 is 0 Å². The molecule has 0 amide bonds. The van der Waals surface area contributed by atoms with E-state index in [4.69, 9.17) is 5.73 Å². The highest BCUT2D eigenvalue weighted by molar-refractivity contribution is 6.10. The van der Waals surface area contributed by atoms with Crippen molar-refractivity contribution in [2.75, 3.05) is 5.73 Å². The van der Waals surface area contributed by atoms with Gasteiger partial charge in [0.15, 0.2) is 5.78 Å². The predicted molar refractivity (Wildman–Crippen MR) is 71.9 cm³/mol. The van der Waals surface area contributed by atoms with E-state index in [1.54, 1.807) is 43.3 Å². The number of hydrogen-bond acceptors (Lipinski definition) is 3. The van der Waals surface area contributed by atoms with E-state index in [1.807, 2.05) is 6.92 Å². The fraction of sp³-hybridized carbons (Fsp3) is 0.133. The zero-order valence-electron chi connectivity index (χ0n) is 10.4. The molecule has 2 aromatic rings. The van der Waals surface area contributed by atoms with E-state index in [-0.39, 0.29) is 11.5 Å². The summed E-state index contributed by atoms with van der Waals surface area (Å²) in [6.07, 6.45) is 0. The maximum absolute atomic E-state index is 12.3. The lowest BCUT2D eigenvalue weighted by molar-refractivity contribution is 0.103. The minimum absolute atomic E-state index is 0.0806. The highest BCUT2D eigenvalue weighted by Gasteiger charge is 2.14. The van der Waals surface area contributed by atoms with Crippen molar-refractivity contribution in [1.29, 1.82) is 0 Å². The minimum atomic E-state index is -0.0806. The van der Waals surface area contributed by atoms with Crippen molar-refractivity contribution in [2.24, 2.45) is 0 Å². The number of phenols is 1. The molecular weight excluding hydrogens is 226 g/mol. The third kappa shape index (κ3) is 2.07. The lowest BCUT2D eigenvalue weighted by atomic mass is 9.95. The van der Waals surface area contributed by atoms with Gasteiger partial charge in [-0.15, -0.1) is 0 Å². The summed E-state index contributed by atoms with van der Waals surface area (Å²) in [5.41, 5.74) is 8.91. The van der Waals surface area contributed by atoms with Gasteiger partial charge in [-0.25, -0.2) is 0 Å². The summed E-state index contributed by atoms with van der Waals surface area (Å²) >= 11 is 0. The van der Waals surface area contributed by atoms with Gasteiger partial charge in [0.05, 0.1) is 0 Å². The first-order chi connectivity index (χ1) is 8.50. The third-order valence-electron chi connectivity index (χ3n) is 3.15. The zero-order chi connectivity index (χ0) is 13.3. The number of nitrogens with two attached hydrogens (primary N) is 1. The molecule has 3 nitrogen and oxygen atoms in total. The number of rotatable bonds is 2. The van der Waals surface area contributed by atoms with E-state index >= 15 is 0 Å². The first-order valence-electron chi connectivity index (χ1n) is 5.70. The molecule has 2 aromatic carbocycles. The van der Waals surface area contributed by atoms with Gasteiger partial charge >= 0.3 is 0 Å². The lowest BCUT2D eigenvalue weighted by Crippen LogP contribution is -2.05. The van der Waals surface area contributed by atoms with Gasteiger partial charge in [0.25, 0.3) is 0 Å². The standard InChI is InChI=1S/C15H15NO2/c1-9-10(2)14(17)7-6-13(9)15(18)11-4-3-5-12(16)8-11/h3-8,17H,16H2,1-2H3. The predicted octanol–water partition coefficient (Wildman–Crippen LogP) is 2.82. The number of phenolic OH excluding ortho intramolecular Hbond substituents is 1. The molecule has 0 saturated heterocycles. The van der Waals surface area contributed by atoms with Gasteiger partial charge in [-0.2, -0.15) is 0 Å². The molecule has 3 N–H and O–H groups in total. The number of hydrogen-bond donors (Lipinski definition) is 2. The molecule has 0 aliphatic rings. The van der Waals surface area contributed by atoms with Crippen molar-refractivity contribution >= 4 is 11.5 Å². The zero-order valence-corrected chi connectivity index (χ0v) is 10.4. The first kappa shape index (κ1) is 12.2. The molecule has 0 aliphatic heterocycles. The van der Waals surface area contributed by atoms with Crippen LogP contribution in [0, 0.1) is 13.8 Å². The summed E-state index contributed by atoms with van der Waals surface area (Å²) in [4.78, 5) is 12.3. The quantitative estimate of drug-likeness (QED) is 0.627. The summed E-state index contributed by atoms with van der Waals surface area (Å²) in [5.74, 6) is 0.125. The molecule has 0 unspecified atom stereocenters. The lowest BCUT2D eigenvalue weighted by Gasteiger charge is -2.09. The molecule has 3 heteroatoms. The second kappa shape index (κ2) is 4.53. The van der Waals surface area contributed by atoms with E-state index < -0.39 is 0 Å². The van der Waals surface area contributed by atoms with Crippen molar-refractivity contribution in [3.05, 3.63) is 58.7 Å². The van der Waals surface area contributed by atoms with Crippen LogP contribution in [0.5, 0.6) is 5.75 Å². The number of anilines is 1. The van der Waals surface area contributed by atoms with E-state index in [1.165, 1.54) is 0 Å². The summed E-state index contributed by atoms with van der Waals surface area (Å²) in [7, 11) is 0. The van der Waals surface area contributed by atoms with Crippen LogP contribution in [0.1, 0.15) is 27.0 Å². The van der Waals surface area contributed by atoms with Crippen molar-refractivity contribution in [3.8, 4) is 5.75 Å². The fourth-order valence-corrected chi connectivity index (χ4v) is 1.89. The van der Waals surface area contributed by atoms with Crippen LogP contribution in [0.2, 0.25) is 0 Å². The minimum Gasteiger partial charge on any atom is -0.508 e. The third-order valence-corrected chi connectivity index (χ3v) is 3.15. The monoisotopic (exact) mass is 241 g/mol. The average molecular weight is 241 g/mol. The van der Waals surface area contributed by atoms with E-state index in [0.717, 1.165) is 11.1 Å². The van der Waals surface area contributed by atoms with Gasteiger partial charge in [-0.1, -0.05) is 12.1 Å². The molecule has 0 aromatic heterocycles. The van der Waals surface area contributed by atoms with Gasteiger partial charge in [0.1, 0.15) is 5.75 Å². The van der Waals surface area contributed by atoms with Crippen LogP contribution in [0.4, 0.5) is 5.69 Å². The number of carbonyl (C=O) groups excluding carboxylic acids is 1. The molecule has 0 saturated carbocycles. The molecule has 0 spiro atoms. The average Bonchev–Trinajstić information content (AvgIpc) is 2.35. The molecule has 0 aliphatic carbocycles. The Morgan fingerprint density at radius 3 is 2.50 bits per heavy atom. The van der Waals surface area contributed by atoms with Gasteiger partial charge in [0, 0.05) is 16.8 Å². The summed E-state index contributed by atoms with van der Waals surface area (Å²) < 4.78 is 0.